The van der Waals surface area contributed by atoms with Gasteiger partial charge >= 0.3 is 0 Å². The van der Waals surface area contributed by atoms with E-state index in [0.29, 0.717) is 35.5 Å². The molecule has 34 heavy (non-hydrogen) atoms. The molecule has 11 heteroatoms. The third-order valence-electron chi connectivity index (χ3n) is 5.97. The topological polar surface area (TPSA) is 112 Å². The average molecular weight is 568 g/mol. The predicted molar refractivity (Wildman–Crippen MR) is 132 cm³/mol. The molecule has 8 nitrogen and oxygen atoms in total. The van der Waals surface area contributed by atoms with Crippen LogP contribution in [0.5, 0.6) is 5.75 Å². The highest BCUT2D eigenvalue weighted by molar-refractivity contribution is 9.10. The molecule has 2 heterocycles. The van der Waals surface area contributed by atoms with Crippen LogP contribution in [-0.2, 0) is 14.8 Å². The monoisotopic (exact) mass is 566 g/mol. The van der Waals surface area contributed by atoms with Crippen molar-refractivity contribution in [1.82, 2.24) is 10.2 Å². The quantitative estimate of drug-likeness (QED) is 0.525. The van der Waals surface area contributed by atoms with Crippen molar-refractivity contribution in [3.8, 4) is 11.8 Å². The fourth-order valence-corrected chi connectivity index (χ4v) is 6.32. The number of carbonyl (C=O) groups excluding carboxylic acids is 1. The maximum Gasteiger partial charge on any atom is 0.263 e. The van der Waals surface area contributed by atoms with E-state index in [-0.39, 0.29) is 34.0 Å². The van der Waals surface area contributed by atoms with Gasteiger partial charge in [-0.3, -0.25) is 14.8 Å². The van der Waals surface area contributed by atoms with E-state index in [0.717, 1.165) is 19.3 Å². The van der Waals surface area contributed by atoms with Crippen LogP contribution >= 0.6 is 27.5 Å². The average Bonchev–Trinajstić information content (AvgIpc) is 3.47. The number of sulfonamides is 1. The summed E-state index contributed by atoms with van der Waals surface area (Å²) >= 11 is 9.46. The first-order valence-electron chi connectivity index (χ1n) is 10.9. The Kier molecular flexibility index (Phi) is 7.67. The second kappa shape index (κ2) is 10.5. The molecule has 2 aliphatic heterocycles. The number of anilines is 1. The lowest BCUT2D eigenvalue weighted by Crippen LogP contribution is -2.47. The minimum absolute atomic E-state index is 0.000421. The van der Waals surface area contributed by atoms with Gasteiger partial charge in [-0.05, 0) is 71.9 Å². The number of nitriles is 1. The van der Waals surface area contributed by atoms with Gasteiger partial charge in [0.2, 0.25) is 5.91 Å². The molecule has 2 aromatic carbocycles. The van der Waals surface area contributed by atoms with Gasteiger partial charge in [0.25, 0.3) is 10.0 Å². The number of likely N-dealkylation sites (tertiary alicyclic amines) is 1. The van der Waals surface area contributed by atoms with E-state index in [9.17, 15) is 18.5 Å². The molecule has 0 spiro atoms. The Hall–Kier alpha value is -2.32. The molecule has 0 saturated carbocycles. The van der Waals surface area contributed by atoms with Crippen LogP contribution in [0.1, 0.15) is 25.7 Å². The lowest BCUT2D eigenvalue weighted by Gasteiger charge is -2.24. The van der Waals surface area contributed by atoms with Crippen molar-refractivity contribution in [1.29, 1.82) is 5.26 Å². The number of halogens is 2. The Labute approximate surface area is 212 Å². The summed E-state index contributed by atoms with van der Waals surface area (Å²) in [6, 6.07) is 12.7. The number of rotatable bonds is 7. The smallest absolute Gasteiger partial charge is 0.263 e. The number of ether oxygens (including phenoxy) is 1. The summed E-state index contributed by atoms with van der Waals surface area (Å²) in [7, 11) is -3.84. The first-order valence-corrected chi connectivity index (χ1v) is 13.6. The van der Waals surface area contributed by atoms with Gasteiger partial charge in [-0.1, -0.05) is 23.7 Å². The van der Waals surface area contributed by atoms with Crippen molar-refractivity contribution < 1.29 is 17.9 Å². The Balaban J connectivity index is 1.33. The molecule has 2 fully saturated rings. The van der Waals surface area contributed by atoms with Crippen LogP contribution in [0.25, 0.3) is 0 Å². The number of carbonyl (C=O) groups is 1. The fraction of sp³-hybridized carbons (Fsp3) is 0.391. The molecule has 180 valence electrons. The fourth-order valence-electron chi connectivity index (χ4n) is 4.25. The van der Waals surface area contributed by atoms with E-state index < -0.39 is 10.0 Å². The van der Waals surface area contributed by atoms with Gasteiger partial charge in [-0.25, -0.2) is 8.42 Å². The summed E-state index contributed by atoms with van der Waals surface area (Å²) in [5.74, 6) is 0.546. The summed E-state index contributed by atoms with van der Waals surface area (Å²) in [5, 5.41) is 12.7. The molecule has 4 rings (SSSR count). The standard InChI is InChI=1S/C23H24BrClN4O4S/c24-18-12-15(28-34(31,32)22-6-2-1-5-19(22)25)8-10-21(18)33-14-16-7-9-20(27-16)23(30)29-11-3-4-17(29)13-26/h1-2,5-6,8,10,12,16-17,20,27-28H,3-4,7,9,11,14H2/t16-,17+,20+/m1/s1. The van der Waals surface area contributed by atoms with E-state index in [1.165, 1.54) is 12.1 Å². The molecule has 2 saturated heterocycles. The summed E-state index contributed by atoms with van der Waals surface area (Å²) in [6.45, 7) is 0.991. The molecule has 3 atom stereocenters. The van der Waals surface area contributed by atoms with Crippen molar-refractivity contribution in [3.05, 3.63) is 52.0 Å². The van der Waals surface area contributed by atoms with Crippen molar-refractivity contribution in [3.63, 3.8) is 0 Å². The normalized spacial score (nSPS) is 22.4. The van der Waals surface area contributed by atoms with Crippen molar-refractivity contribution in [2.45, 2.75) is 48.7 Å². The van der Waals surface area contributed by atoms with Crippen LogP contribution in [-0.4, -0.2) is 50.5 Å². The highest BCUT2D eigenvalue weighted by atomic mass is 79.9. The second-order valence-corrected chi connectivity index (χ2v) is 11.2. The Morgan fingerprint density at radius 3 is 2.79 bits per heavy atom. The van der Waals surface area contributed by atoms with E-state index in [2.05, 4.69) is 32.0 Å². The van der Waals surface area contributed by atoms with Gasteiger partial charge in [-0.2, -0.15) is 5.26 Å². The van der Waals surface area contributed by atoms with Gasteiger partial charge in [0, 0.05) is 12.6 Å². The van der Waals surface area contributed by atoms with Gasteiger partial charge in [-0.15, -0.1) is 0 Å². The Bertz CT molecular complexity index is 1220. The van der Waals surface area contributed by atoms with Crippen LogP contribution in [0.2, 0.25) is 5.02 Å². The summed E-state index contributed by atoms with van der Waals surface area (Å²) in [4.78, 5) is 14.4. The van der Waals surface area contributed by atoms with Crippen LogP contribution in [0.3, 0.4) is 0 Å². The molecule has 0 aliphatic carbocycles. The van der Waals surface area contributed by atoms with E-state index in [4.69, 9.17) is 16.3 Å². The zero-order valence-electron chi connectivity index (χ0n) is 18.2. The number of amides is 1. The molecule has 0 bridgehead atoms. The maximum absolute atomic E-state index is 12.8. The van der Waals surface area contributed by atoms with Gasteiger partial charge in [0.05, 0.1) is 27.3 Å². The van der Waals surface area contributed by atoms with Crippen LogP contribution in [0.4, 0.5) is 5.69 Å². The number of hydrogen-bond donors (Lipinski definition) is 2. The molecule has 2 aromatic rings. The van der Waals surface area contributed by atoms with Gasteiger partial charge in [0.15, 0.2) is 0 Å². The van der Waals surface area contributed by atoms with Gasteiger partial charge < -0.3 is 9.64 Å². The van der Waals surface area contributed by atoms with E-state index >= 15 is 0 Å². The summed E-state index contributed by atoms with van der Waals surface area (Å²) in [5.41, 5.74) is 0.362. The highest BCUT2D eigenvalue weighted by Gasteiger charge is 2.37. The van der Waals surface area contributed by atoms with Crippen LogP contribution in [0, 0.1) is 11.3 Å². The summed E-state index contributed by atoms with van der Waals surface area (Å²) < 4.78 is 34.3. The number of hydrogen-bond acceptors (Lipinski definition) is 6. The largest absolute Gasteiger partial charge is 0.491 e. The Morgan fingerprint density at radius 1 is 1.26 bits per heavy atom. The molecular formula is C23H24BrClN4O4S. The molecule has 0 unspecified atom stereocenters. The lowest BCUT2D eigenvalue weighted by molar-refractivity contribution is -0.133. The van der Waals surface area contributed by atoms with Crippen molar-refractivity contribution in [2.24, 2.45) is 0 Å². The molecule has 0 radical (unpaired) electrons. The SMILES string of the molecule is N#C[C@@H]1CCCN1C(=O)[C@@H]1CC[C@H](COc2ccc(NS(=O)(=O)c3ccccc3Cl)cc2Br)N1. The molecule has 0 aromatic heterocycles. The molecule has 2 N–H and O–H groups in total. The zero-order chi connectivity index (χ0) is 24.3. The predicted octanol–water partition coefficient (Wildman–Crippen LogP) is 3.92. The van der Waals surface area contributed by atoms with E-state index in [1.54, 1.807) is 35.2 Å². The van der Waals surface area contributed by atoms with Crippen LogP contribution in [0.15, 0.2) is 51.8 Å². The maximum atomic E-state index is 12.8. The third kappa shape index (κ3) is 5.49. The number of nitrogens with zero attached hydrogens (tertiary/aromatic N) is 2. The van der Waals surface area contributed by atoms with Crippen molar-refractivity contribution in [2.75, 3.05) is 17.9 Å². The van der Waals surface area contributed by atoms with E-state index in [1.807, 2.05) is 0 Å². The first kappa shape index (κ1) is 24.8. The zero-order valence-corrected chi connectivity index (χ0v) is 21.4. The molecule has 1 amide bonds. The minimum Gasteiger partial charge on any atom is -0.491 e. The van der Waals surface area contributed by atoms with Crippen LogP contribution < -0.4 is 14.8 Å². The van der Waals surface area contributed by atoms with Gasteiger partial charge in [0.1, 0.15) is 23.3 Å². The lowest BCUT2D eigenvalue weighted by atomic mass is 10.1. The Morgan fingerprint density at radius 2 is 2.06 bits per heavy atom. The number of benzene rings is 2. The highest BCUT2D eigenvalue weighted by Crippen LogP contribution is 2.31. The second-order valence-electron chi connectivity index (χ2n) is 8.30. The van der Waals surface area contributed by atoms with Crippen molar-refractivity contribution >= 4 is 49.1 Å². The molecule has 2 aliphatic rings. The minimum atomic E-state index is -3.84. The molecular weight excluding hydrogens is 544 g/mol. The number of nitrogens with one attached hydrogen (secondary N) is 2. The third-order valence-corrected chi connectivity index (χ3v) is 8.47. The summed E-state index contributed by atoms with van der Waals surface area (Å²) in [6.07, 6.45) is 3.09. The first-order chi connectivity index (χ1) is 16.3.